The van der Waals surface area contributed by atoms with E-state index in [1.165, 1.54) is 26.2 Å². The molecule has 2 saturated heterocycles. The number of carbonyl (C=O) groups is 1. The van der Waals surface area contributed by atoms with Crippen LogP contribution in [-0.2, 0) is 19.6 Å². The Balaban J connectivity index is 1.58. The Kier molecular flexibility index (Phi) is 8.45. The molecule has 1 N–H and O–H groups in total. The van der Waals surface area contributed by atoms with Gasteiger partial charge in [0.05, 0.1) is 35.2 Å². The first-order valence-electron chi connectivity index (χ1n) is 11.9. The van der Waals surface area contributed by atoms with E-state index >= 15 is 0 Å². The summed E-state index contributed by atoms with van der Waals surface area (Å²) in [7, 11) is -1.62. The Morgan fingerprint density at radius 3 is 2.33 bits per heavy atom. The van der Waals surface area contributed by atoms with Crippen LogP contribution in [0.1, 0.15) is 18.4 Å². The number of sulfonamides is 1. The number of morpholine rings is 1. The summed E-state index contributed by atoms with van der Waals surface area (Å²) in [5, 5.41) is 2.79. The topological polar surface area (TPSA) is 88.2 Å². The maximum Gasteiger partial charge on any atom is 0.573 e. The largest absolute Gasteiger partial charge is 0.573 e. The van der Waals surface area contributed by atoms with E-state index in [0.29, 0.717) is 12.8 Å². The fourth-order valence-corrected chi connectivity index (χ4v) is 6.08. The van der Waals surface area contributed by atoms with Crippen molar-refractivity contribution in [2.24, 2.45) is 0 Å². The van der Waals surface area contributed by atoms with Crippen LogP contribution in [0.2, 0.25) is 5.02 Å². The summed E-state index contributed by atoms with van der Waals surface area (Å²) in [6.07, 6.45) is -1.73. The third-order valence-electron chi connectivity index (χ3n) is 6.44. The van der Waals surface area contributed by atoms with Crippen LogP contribution < -0.4 is 10.1 Å². The van der Waals surface area contributed by atoms with Crippen molar-refractivity contribution in [2.45, 2.75) is 42.2 Å². The number of piperidine rings is 1. The van der Waals surface area contributed by atoms with Gasteiger partial charge < -0.3 is 19.7 Å². The second-order valence-corrected chi connectivity index (χ2v) is 11.9. The molecule has 0 aromatic heterocycles. The third kappa shape index (κ3) is 6.83. The molecule has 0 aliphatic carbocycles. The molecule has 2 fully saturated rings. The summed E-state index contributed by atoms with van der Waals surface area (Å²) >= 11 is 5.90. The van der Waals surface area contributed by atoms with Crippen molar-refractivity contribution in [3.8, 4) is 5.75 Å². The summed E-state index contributed by atoms with van der Waals surface area (Å²) in [6.45, 7) is 0.560. The lowest BCUT2D eigenvalue weighted by atomic mass is 9.89. The monoisotopic (exact) mass is 591 g/mol. The summed E-state index contributed by atoms with van der Waals surface area (Å²) in [5.74, 6) is -1.60. The maximum absolute atomic E-state index is 13.3. The third-order valence-corrected chi connectivity index (χ3v) is 8.61. The highest BCUT2D eigenvalue weighted by Crippen LogP contribution is 2.36. The molecule has 2 aliphatic heterocycles. The zero-order valence-electron chi connectivity index (χ0n) is 20.9. The number of halogens is 5. The first-order valence-corrected chi connectivity index (χ1v) is 13.7. The van der Waals surface area contributed by atoms with Crippen LogP contribution in [0.3, 0.4) is 0 Å². The highest BCUT2D eigenvalue weighted by atomic mass is 35.5. The Morgan fingerprint density at radius 2 is 1.77 bits per heavy atom. The Bertz CT molecular complexity index is 1340. The van der Waals surface area contributed by atoms with E-state index in [9.17, 15) is 30.8 Å². The number of ether oxygens (including phenoxy) is 2. The number of rotatable bonds is 7. The van der Waals surface area contributed by atoms with Gasteiger partial charge in [0.25, 0.3) is 0 Å². The predicted molar refractivity (Wildman–Crippen MR) is 136 cm³/mol. The minimum atomic E-state index is -5.06. The number of fused-ring (bicyclic) bond motifs is 2. The highest BCUT2D eigenvalue weighted by molar-refractivity contribution is 7.89. The number of hydrogen-bond acceptors (Lipinski definition) is 6. The molecule has 2 aromatic rings. The van der Waals surface area contributed by atoms with Gasteiger partial charge in [0.1, 0.15) is 11.6 Å². The number of hydrogen-bond donors (Lipinski definition) is 1. The molecule has 8 nitrogen and oxygen atoms in total. The molecule has 0 saturated carbocycles. The van der Waals surface area contributed by atoms with Crippen LogP contribution in [0.5, 0.6) is 5.75 Å². The number of anilines is 1. The molecular weight excluding hydrogens is 566 g/mol. The van der Waals surface area contributed by atoms with E-state index in [2.05, 4.69) is 10.1 Å². The quantitative estimate of drug-likeness (QED) is 0.377. The minimum Gasteiger partial charge on any atom is -0.404 e. The molecule has 39 heavy (non-hydrogen) atoms. The summed E-state index contributed by atoms with van der Waals surface area (Å²) < 4.78 is 88.0. The molecule has 2 bridgehead atoms. The van der Waals surface area contributed by atoms with E-state index in [4.69, 9.17) is 16.3 Å². The summed E-state index contributed by atoms with van der Waals surface area (Å²) in [5.41, 5.74) is 0.546. The van der Waals surface area contributed by atoms with Gasteiger partial charge >= 0.3 is 6.36 Å². The molecule has 4 rings (SSSR count). The smallest absolute Gasteiger partial charge is 0.404 e. The molecule has 3 atom stereocenters. The van der Waals surface area contributed by atoms with Crippen molar-refractivity contribution in [1.82, 2.24) is 9.21 Å². The molecule has 212 valence electrons. The van der Waals surface area contributed by atoms with Crippen molar-refractivity contribution < 1.29 is 40.2 Å². The fraction of sp³-hybridized carbons (Fsp3) is 0.400. The molecular formula is C25H26ClF4N3O5S. The normalized spacial score (nSPS) is 21.8. The van der Waals surface area contributed by atoms with Gasteiger partial charge in [-0.1, -0.05) is 11.6 Å². The number of carbonyl (C=O) groups excluding carboxylic acids is 1. The van der Waals surface area contributed by atoms with Gasteiger partial charge in [-0.05, 0) is 60.9 Å². The van der Waals surface area contributed by atoms with Crippen LogP contribution in [0.25, 0.3) is 6.08 Å². The zero-order chi connectivity index (χ0) is 28.5. The van der Waals surface area contributed by atoms with Crippen LogP contribution >= 0.6 is 11.6 Å². The number of nitrogens with zero attached hydrogens (tertiary/aromatic N) is 2. The van der Waals surface area contributed by atoms with E-state index in [1.807, 2.05) is 0 Å². The second kappa shape index (κ2) is 11.3. The average molecular weight is 592 g/mol. The first-order chi connectivity index (χ1) is 18.2. The Morgan fingerprint density at radius 1 is 1.15 bits per heavy atom. The van der Waals surface area contributed by atoms with E-state index in [-0.39, 0.29) is 47.6 Å². The number of benzene rings is 2. The zero-order valence-corrected chi connectivity index (χ0v) is 22.5. The minimum absolute atomic E-state index is 0.00225. The first kappa shape index (κ1) is 29.1. The van der Waals surface area contributed by atoms with Gasteiger partial charge in [-0.3, -0.25) is 4.79 Å². The number of alkyl halides is 3. The van der Waals surface area contributed by atoms with Crippen LogP contribution in [0.4, 0.5) is 23.2 Å². The molecule has 14 heteroatoms. The molecule has 2 aromatic carbocycles. The Hall–Kier alpha value is -2.87. The maximum atomic E-state index is 13.3. The van der Waals surface area contributed by atoms with Gasteiger partial charge in [0.2, 0.25) is 15.9 Å². The molecule has 0 radical (unpaired) electrons. The summed E-state index contributed by atoms with van der Waals surface area (Å²) in [4.78, 5) is 14.5. The standard InChI is InChI=1S/C25H26ClF4N3O5S/c1-32(2)39(35,36)23-12-21(26)22(38-25(28,29)30)9-15(23)3-8-24(34)33-19-10-18(11-20(33)14-37-13-19)31-17-6-4-16(27)5-7-17/h3-9,12,18-20,31H,10-11,13-14H2,1-2H3/b8-3+/t18-,19-,20+. The number of nitrogens with one attached hydrogen (secondary N) is 1. The van der Waals surface area contributed by atoms with Gasteiger partial charge in [-0.25, -0.2) is 17.1 Å². The average Bonchev–Trinajstić information content (AvgIpc) is 2.84. The van der Waals surface area contributed by atoms with Crippen molar-refractivity contribution in [3.05, 3.63) is 58.9 Å². The lowest BCUT2D eigenvalue weighted by molar-refractivity contribution is -0.274. The van der Waals surface area contributed by atoms with E-state index in [0.717, 1.165) is 34.3 Å². The Labute approximate surface area is 228 Å². The molecule has 2 heterocycles. The summed E-state index contributed by atoms with van der Waals surface area (Å²) in [6, 6.07) is 7.05. The fourth-order valence-electron chi connectivity index (χ4n) is 4.73. The van der Waals surface area contributed by atoms with Crippen molar-refractivity contribution >= 4 is 39.3 Å². The van der Waals surface area contributed by atoms with Gasteiger partial charge in [-0.15, -0.1) is 13.2 Å². The SMILES string of the molecule is CN(C)S(=O)(=O)c1cc(Cl)c(OC(F)(F)F)cc1/C=C/C(=O)N1[C@@H]2COC[C@H]1C[C@@H](Nc1ccc(F)cc1)C2. The lowest BCUT2D eigenvalue weighted by Gasteiger charge is -2.48. The molecule has 0 spiro atoms. The second-order valence-electron chi connectivity index (χ2n) is 9.40. The van der Waals surface area contributed by atoms with Crippen molar-refractivity contribution in [1.29, 1.82) is 0 Å². The predicted octanol–water partition coefficient (Wildman–Crippen LogP) is 4.51. The van der Waals surface area contributed by atoms with Gasteiger partial charge in [0, 0.05) is 31.9 Å². The van der Waals surface area contributed by atoms with E-state index in [1.54, 1.807) is 17.0 Å². The molecule has 1 amide bonds. The van der Waals surface area contributed by atoms with Crippen molar-refractivity contribution in [3.63, 3.8) is 0 Å². The molecule has 0 unspecified atom stereocenters. The van der Waals surface area contributed by atoms with Crippen LogP contribution in [0.15, 0.2) is 47.4 Å². The number of amides is 1. The van der Waals surface area contributed by atoms with Gasteiger partial charge in [0.15, 0.2) is 0 Å². The van der Waals surface area contributed by atoms with Crippen molar-refractivity contribution in [2.75, 3.05) is 32.6 Å². The van der Waals surface area contributed by atoms with Crippen LogP contribution in [-0.4, -0.2) is 75.3 Å². The van der Waals surface area contributed by atoms with E-state index < -0.39 is 33.1 Å². The van der Waals surface area contributed by atoms with Gasteiger partial charge in [-0.2, -0.15) is 0 Å². The lowest BCUT2D eigenvalue weighted by Crippen LogP contribution is -2.60. The highest BCUT2D eigenvalue weighted by Gasteiger charge is 2.41. The molecule has 2 aliphatic rings. The van der Waals surface area contributed by atoms with Crippen LogP contribution in [0, 0.1) is 5.82 Å².